The molecule has 0 saturated carbocycles. The van der Waals surface area contributed by atoms with Crippen molar-refractivity contribution in [3.05, 3.63) is 0 Å². The molecule has 35 valence electrons. The van der Waals surface area contributed by atoms with E-state index < -0.39 is 0 Å². The van der Waals surface area contributed by atoms with E-state index in [0.29, 0.717) is 0 Å². The Morgan fingerprint density at radius 2 is 2.00 bits per heavy atom. The van der Waals surface area contributed by atoms with E-state index in [0.717, 1.165) is 21.1 Å². The molecule has 0 aromatic heterocycles. The average molecular weight is 99.1 g/mol. The fraction of sp³-hybridized carbons (Fsp3) is 1.00. The highest BCUT2D eigenvalue weighted by Gasteiger charge is 1.87. The van der Waals surface area contributed by atoms with Crippen LogP contribution in [0.1, 0.15) is 13.8 Å². The van der Waals surface area contributed by atoms with E-state index in [2.05, 4.69) is 19.6 Å². The van der Waals surface area contributed by atoms with Crippen molar-refractivity contribution in [2.75, 3.05) is 0 Å². The maximum absolute atomic E-state index is 2.31. The summed E-state index contributed by atoms with van der Waals surface area (Å²) in [6.45, 7) is 4.55. The Morgan fingerprint density at radius 1 is 1.50 bits per heavy atom. The van der Waals surface area contributed by atoms with Crippen LogP contribution in [0.3, 0.4) is 0 Å². The fourth-order valence-electron chi connectivity index (χ4n) is 0.471. The molecule has 0 spiro atoms. The predicted octanol–water partition coefficient (Wildman–Crippen LogP) is 1.81. The normalized spacial score (nSPS) is 9.33. The van der Waals surface area contributed by atoms with Crippen LogP contribution in [0, 0.1) is 5.92 Å². The van der Waals surface area contributed by atoms with Crippen molar-refractivity contribution in [3.63, 3.8) is 0 Å². The lowest BCUT2D eigenvalue weighted by atomic mass is 10.3. The largest absolute Gasteiger partial charge is 0.196 e. The second-order valence-corrected chi connectivity index (χ2v) is 3.33. The topological polar surface area (TPSA) is 0 Å². The van der Waals surface area contributed by atoms with Crippen LogP contribution in [0.25, 0.3) is 0 Å². The summed E-state index contributed by atoms with van der Waals surface area (Å²) in [6, 6.07) is 0. The molecule has 0 heterocycles. The Morgan fingerprint density at radius 3 is 2.00 bits per heavy atom. The van der Waals surface area contributed by atoms with Crippen molar-refractivity contribution < 1.29 is 0 Å². The van der Waals surface area contributed by atoms with Gasteiger partial charge in [-0.2, -0.15) is 0 Å². The van der Waals surface area contributed by atoms with Gasteiger partial charge in [0.25, 0.3) is 0 Å². The SMILES string of the molecule is [CH3][Al][CH2]C(C)C. The third-order valence-corrected chi connectivity index (χ3v) is 2.12. The van der Waals surface area contributed by atoms with Gasteiger partial charge in [-0.15, -0.1) is 11.1 Å². The van der Waals surface area contributed by atoms with Gasteiger partial charge in [0.2, 0.25) is 0 Å². The van der Waals surface area contributed by atoms with Gasteiger partial charge in [0.1, 0.15) is 0 Å². The second kappa shape index (κ2) is 3.71. The van der Waals surface area contributed by atoms with Crippen LogP contribution < -0.4 is 0 Å². The van der Waals surface area contributed by atoms with Gasteiger partial charge in [0, 0.05) is 0 Å². The molecule has 0 unspecified atom stereocenters. The molecular weight excluding hydrogens is 87.0 g/mol. The van der Waals surface area contributed by atoms with Gasteiger partial charge in [0.05, 0.1) is 0 Å². The molecule has 0 amide bonds. The molecular formula is C5H12Al. The summed E-state index contributed by atoms with van der Waals surface area (Å²) in [6.07, 6.45) is 0. The minimum absolute atomic E-state index is 0.752. The lowest BCUT2D eigenvalue weighted by Gasteiger charge is -1.94. The Labute approximate surface area is 46.7 Å². The summed E-state index contributed by atoms with van der Waals surface area (Å²) in [5.74, 6) is 3.24. The Hall–Kier alpha value is 0.532. The van der Waals surface area contributed by atoms with Crippen LogP contribution in [0.2, 0.25) is 11.1 Å². The molecule has 0 atom stereocenters. The average Bonchev–Trinajstić information content (AvgIpc) is 1.35. The van der Waals surface area contributed by atoms with E-state index >= 15 is 0 Å². The number of hydrogen-bond acceptors (Lipinski definition) is 0. The number of rotatable bonds is 2. The molecule has 6 heavy (non-hydrogen) atoms. The molecule has 0 aromatic rings. The third kappa shape index (κ3) is 4.53. The molecule has 0 rings (SSSR count). The van der Waals surface area contributed by atoms with Crippen LogP contribution in [0.4, 0.5) is 0 Å². The van der Waals surface area contributed by atoms with Gasteiger partial charge in [-0.05, 0) is 0 Å². The van der Waals surface area contributed by atoms with E-state index in [4.69, 9.17) is 0 Å². The molecule has 1 radical (unpaired) electrons. The molecule has 0 aliphatic rings. The molecule has 0 saturated heterocycles. The maximum Gasteiger partial charge on any atom is 0.196 e. The van der Waals surface area contributed by atoms with Crippen LogP contribution in [-0.4, -0.2) is 15.2 Å². The summed E-state index contributed by atoms with van der Waals surface area (Å²) in [5.41, 5.74) is 0. The molecule has 0 N–H and O–H groups in total. The third-order valence-electron chi connectivity index (χ3n) is 0.707. The first-order valence-corrected chi connectivity index (χ1v) is 4.52. The highest BCUT2D eigenvalue weighted by Crippen LogP contribution is 1.96. The van der Waals surface area contributed by atoms with Gasteiger partial charge in [0.15, 0.2) is 15.2 Å². The van der Waals surface area contributed by atoms with Crippen molar-refractivity contribution in [2.45, 2.75) is 24.9 Å². The maximum atomic E-state index is 2.31. The summed E-state index contributed by atoms with van der Waals surface area (Å²) >= 11 is 0.752. The Kier molecular flexibility index (Phi) is 4.04. The standard InChI is InChI=1S/C4H9.CH3.Al/c1-4(2)3;;/h4H,1H2,2-3H3;1H3;. The van der Waals surface area contributed by atoms with Gasteiger partial charge in [-0.1, -0.05) is 19.8 Å². The van der Waals surface area contributed by atoms with E-state index in [1.54, 1.807) is 0 Å². The predicted molar refractivity (Wildman–Crippen MR) is 31.3 cm³/mol. The van der Waals surface area contributed by atoms with E-state index in [-0.39, 0.29) is 0 Å². The zero-order valence-corrected chi connectivity index (χ0v) is 6.02. The van der Waals surface area contributed by atoms with Crippen molar-refractivity contribution in [2.24, 2.45) is 5.92 Å². The minimum atomic E-state index is 0.752. The van der Waals surface area contributed by atoms with Gasteiger partial charge in [-0.25, -0.2) is 0 Å². The van der Waals surface area contributed by atoms with Crippen molar-refractivity contribution in [1.82, 2.24) is 0 Å². The van der Waals surface area contributed by atoms with E-state index in [1.807, 2.05) is 0 Å². The first-order valence-electron chi connectivity index (χ1n) is 2.55. The lowest BCUT2D eigenvalue weighted by Crippen LogP contribution is -1.88. The fourth-order valence-corrected chi connectivity index (χ4v) is 1.41. The van der Waals surface area contributed by atoms with Gasteiger partial charge in [-0.3, -0.25) is 0 Å². The summed E-state index contributed by atoms with van der Waals surface area (Å²) in [5, 5.41) is 1.46. The first-order chi connectivity index (χ1) is 2.77. The van der Waals surface area contributed by atoms with Gasteiger partial charge >= 0.3 is 0 Å². The smallest absolute Gasteiger partial charge is 0.115 e. The van der Waals surface area contributed by atoms with Crippen LogP contribution in [0.5, 0.6) is 0 Å². The first kappa shape index (κ1) is 6.53. The van der Waals surface area contributed by atoms with Crippen LogP contribution in [0.15, 0.2) is 0 Å². The summed E-state index contributed by atoms with van der Waals surface area (Å²) in [4.78, 5) is 0. The highest BCUT2D eigenvalue weighted by molar-refractivity contribution is 6.33. The lowest BCUT2D eigenvalue weighted by molar-refractivity contribution is 0.731. The minimum Gasteiger partial charge on any atom is -0.115 e. The monoisotopic (exact) mass is 99.1 g/mol. The molecule has 0 aliphatic heterocycles. The van der Waals surface area contributed by atoms with Crippen molar-refractivity contribution >= 4 is 15.2 Å². The van der Waals surface area contributed by atoms with E-state index in [1.165, 1.54) is 5.28 Å². The molecule has 0 aliphatic carbocycles. The zero-order valence-electron chi connectivity index (χ0n) is 4.86. The van der Waals surface area contributed by atoms with Crippen LogP contribution in [-0.2, 0) is 0 Å². The second-order valence-electron chi connectivity index (χ2n) is 2.04. The Balaban J connectivity index is 2.63. The number of hydrogen-bond donors (Lipinski definition) is 0. The highest BCUT2D eigenvalue weighted by atomic mass is 27.1. The zero-order chi connectivity index (χ0) is 4.99. The molecule has 0 bridgehead atoms. The van der Waals surface area contributed by atoms with E-state index in [9.17, 15) is 0 Å². The molecule has 0 aromatic carbocycles. The molecule has 0 fully saturated rings. The Bertz CT molecular complexity index is 25.1. The van der Waals surface area contributed by atoms with Crippen molar-refractivity contribution in [1.29, 1.82) is 0 Å². The van der Waals surface area contributed by atoms with Crippen LogP contribution >= 0.6 is 0 Å². The quantitative estimate of drug-likeness (QED) is 0.463. The molecule has 0 nitrogen and oxygen atoms in total. The summed E-state index contributed by atoms with van der Waals surface area (Å²) in [7, 11) is 0. The van der Waals surface area contributed by atoms with Gasteiger partial charge < -0.3 is 0 Å². The summed E-state index contributed by atoms with van der Waals surface area (Å²) < 4.78 is 0. The van der Waals surface area contributed by atoms with Crippen molar-refractivity contribution in [3.8, 4) is 0 Å². The molecule has 1 heteroatoms.